The quantitative estimate of drug-likeness (QED) is 0.747. The van der Waals surface area contributed by atoms with Gasteiger partial charge in [-0.3, -0.25) is 0 Å². The van der Waals surface area contributed by atoms with Crippen molar-refractivity contribution in [2.24, 2.45) is 0 Å². The average molecular weight is 253 g/mol. The van der Waals surface area contributed by atoms with E-state index in [-0.39, 0.29) is 5.83 Å². The van der Waals surface area contributed by atoms with Crippen molar-refractivity contribution in [2.75, 3.05) is 0 Å². The van der Waals surface area contributed by atoms with E-state index >= 15 is 0 Å². The molecule has 2 heteroatoms. The number of hydrogen-bond donors (Lipinski definition) is 0. The molecule has 0 N–H and O–H groups in total. The maximum Gasteiger partial charge on any atom is 0.0990 e. The van der Waals surface area contributed by atoms with Crippen LogP contribution in [0.4, 0.5) is 4.39 Å². The van der Waals surface area contributed by atoms with Gasteiger partial charge in [0.05, 0.1) is 17.2 Å². The Morgan fingerprint density at radius 3 is 2.68 bits per heavy atom. The molecule has 2 rings (SSSR count). The lowest BCUT2D eigenvalue weighted by molar-refractivity contribution is 0.648. The van der Waals surface area contributed by atoms with Gasteiger partial charge in [-0.1, -0.05) is 42.5 Å². The molecule has 0 aliphatic carbocycles. The summed E-state index contributed by atoms with van der Waals surface area (Å²) in [4.78, 5) is 4.51. The maximum absolute atomic E-state index is 13.1. The number of halogens is 1. The lowest BCUT2D eigenvalue weighted by Crippen LogP contribution is -1.91. The molecule has 0 saturated heterocycles. The molecule has 1 aromatic carbocycles. The van der Waals surface area contributed by atoms with Crippen molar-refractivity contribution in [1.82, 2.24) is 4.98 Å². The van der Waals surface area contributed by atoms with Gasteiger partial charge in [0.1, 0.15) is 0 Å². The van der Waals surface area contributed by atoms with Crippen molar-refractivity contribution in [3.05, 3.63) is 65.6 Å². The number of allylic oxidation sites excluding steroid dienone is 1. The molecule has 1 aromatic heterocycles. The van der Waals surface area contributed by atoms with Crippen molar-refractivity contribution in [2.45, 2.75) is 13.8 Å². The first-order valence-electron chi connectivity index (χ1n) is 6.14. The second kappa shape index (κ2) is 5.61. The second-order valence-electron chi connectivity index (χ2n) is 4.48. The molecule has 0 bridgehead atoms. The molecule has 1 heterocycles. The minimum atomic E-state index is -0.267. The highest BCUT2D eigenvalue weighted by atomic mass is 19.1. The molecule has 0 aliphatic rings. The third-order valence-electron chi connectivity index (χ3n) is 2.83. The Balaban J connectivity index is 2.54. The fourth-order valence-electron chi connectivity index (χ4n) is 1.93. The average Bonchev–Trinajstić information content (AvgIpc) is 2.38. The third kappa shape index (κ3) is 3.16. The zero-order valence-corrected chi connectivity index (χ0v) is 11.2. The smallest absolute Gasteiger partial charge is 0.0990 e. The number of aryl methyl sites for hydroxylation is 1. The van der Waals surface area contributed by atoms with Gasteiger partial charge in [-0.25, -0.2) is 9.37 Å². The number of rotatable bonds is 3. The summed E-state index contributed by atoms with van der Waals surface area (Å²) in [7, 11) is 0. The van der Waals surface area contributed by atoms with Gasteiger partial charge in [0.2, 0.25) is 0 Å². The SMILES string of the molecule is C=Cc1ccc(-c2cccc(C)c2)nc1/C=C(\C)F. The van der Waals surface area contributed by atoms with E-state index in [1.165, 1.54) is 18.6 Å². The van der Waals surface area contributed by atoms with Crippen LogP contribution in [0.2, 0.25) is 0 Å². The largest absolute Gasteiger partial charge is 0.248 e. The standard InChI is InChI=1S/C17H16FN/c1-4-14-8-9-16(19-17(14)11-13(3)18)15-7-5-6-12(2)10-15/h4-11H,1H2,2-3H3/b13-11+. The van der Waals surface area contributed by atoms with Crippen LogP contribution in [-0.2, 0) is 0 Å². The Kier molecular flexibility index (Phi) is 3.91. The molecule has 0 fully saturated rings. The van der Waals surface area contributed by atoms with Crippen LogP contribution in [0.3, 0.4) is 0 Å². The Labute approximate surface area is 113 Å². The molecule has 0 atom stereocenters. The minimum absolute atomic E-state index is 0.267. The van der Waals surface area contributed by atoms with Crippen molar-refractivity contribution >= 4 is 12.2 Å². The van der Waals surface area contributed by atoms with Crippen molar-refractivity contribution in [3.8, 4) is 11.3 Å². The molecular weight excluding hydrogens is 237 g/mol. The van der Waals surface area contributed by atoms with Crippen LogP contribution in [0.5, 0.6) is 0 Å². The topological polar surface area (TPSA) is 12.9 Å². The molecule has 0 amide bonds. The molecule has 19 heavy (non-hydrogen) atoms. The third-order valence-corrected chi connectivity index (χ3v) is 2.83. The highest BCUT2D eigenvalue weighted by Gasteiger charge is 2.04. The number of aromatic nitrogens is 1. The van der Waals surface area contributed by atoms with Crippen molar-refractivity contribution < 1.29 is 4.39 Å². The minimum Gasteiger partial charge on any atom is -0.248 e. The van der Waals surface area contributed by atoms with E-state index in [1.54, 1.807) is 6.08 Å². The molecule has 0 radical (unpaired) electrons. The van der Waals surface area contributed by atoms with Gasteiger partial charge >= 0.3 is 0 Å². The normalized spacial score (nSPS) is 11.4. The maximum atomic E-state index is 13.1. The summed E-state index contributed by atoms with van der Waals surface area (Å²) in [5, 5.41) is 0. The van der Waals surface area contributed by atoms with Crippen molar-refractivity contribution in [1.29, 1.82) is 0 Å². The fraction of sp³-hybridized carbons (Fsp3) is 0.118. The monoisotopic (exact) mass is 253 g/mol. The lowest BCUT2D eigenvalue weighted by Gasteiger charge is -2.06. The van der Waals surface area contributed by atoms with E-state index in [9.17, 15) is 4.39 Å². The number of nitrogens with zero attached hydrogens (tertiary/aromatic N) is 1. The van der Waals surface area contributed by atoms with Gasteiger partial charge in [-0.05, 0) is 37.6 Å². The summed E-state index contributed by atoms with van der Waals surface area (Å²) < 4.78 is 13.1. The van der Waals surface area contributed by atoms with Gasteiger partial charge in [0, 0.05) is 5.56 Å². The zero-order valence-electron chi connectivity index (χ0n) is 11.2. The Morgan fingerprint density at radius 1 is 1.26 bits per heavy atom. The predicted molar refractivity (Wildman–Crippen MR) is 79.3 cm³/mol. The molecule has 0 aliphatic heterocycles. The van der Waals surface area contributed by atoms with E-state index in [0.717, 1.165) is 16.8 Å². The van der Waals surface area contributed by atoms with Crippen LogP contribution < -0.4 is 0 Å². The van der Waals surface area contributed by atoms with E-state index in [0.29, 0.717) is 5.69 Å². The van der Waals surface area contributed by atoms with Gasteiger partial charge in [0.25, 0.3) is 0 Å². The Bertz CT molecular complexity index is 637. The van der Waals surface area contributed by atoms with E-state index in [1.807, 2.05) is 37.3 Å². The first-order chi connectivity index (χ1) is 9.10. The number of benzene rings is 1. The summed E-state index contributed by atoms with van der Waals surface area (Å²) in [6.45, 7) is 7.17. The van der Waals surface area contributed by atoms with Gasteiger partial charge in [0.15, 0.2) is 0 Å². The van der Waals surface area contributed by atoms with E-state index in [4.69, 9.17) is 0 Å². The summed E-state index contributed by atoms with van der Waals surface area (Å²) in [5.74, 6) is -0.267. The molecule has 96 valence electrons. The lowest BCUT2D eigenvalue weighted by atomic mass is 10.1. The molecule has 0 saturated carbocycles. The molecular formula is C17H16FN. The molecule has 1 nitrogen and oxygen atoms in total. The van der Waals surface area contributed by atoms with Crippen LogP contribution in [0.15, 0.2) is 48.8 Å². The molecule has 2 aromatic rings. The van der Waals surface area contributed by atoms with Crippen molar-refractivity contribution in [3.63, 3.8) is 0 Å². The predicted octanol–water partition coefficient (Wildman–Crippen LogP) is 5.03. The zero-order chi connectivity index (χ0) is 13.8. The summed E-state index contributed by atoms with van der Waals surface area (Å²) in [6.07, 6.45) is 3.11. The highest BCUT2D eigenvalue weighted by Crippen LogP contribution is 2.22. The van der Waals surface area contributed by atoms with Crippen LogP contribution in [0.25, 0.3) is 23.4 Å². The number of pyridine rings is 1. The van der Waals surface area contributed by atoms with Crippen LogP contribution >= 0.6 is 0 Å². The second-order valence-corrected chi connectivity index (χ2v) is 4.48. The highest BCUT2D eigenvalue weighted by molar-refractivity contribution is 5.68. The Morgan fingerprint density at radius 2 is 2.05 bits per heavy atom. The summed E-state index contributed by atoms with van der Waals surface area (Å²) in [6, 6.07) is 11.9. The first-order valence-corrected chi connectivity index (χ1v) is 6.14. The van der Waals surface area contributed by atoms with E-state index < -0.39 is 0 Å². The fourth-order valence-corrected chi connectivity index (χ4v) is 1.93. The van der Waals surface area contributed by atoms with Gasteiger partial charge in [-0.2, -0.15) is 0 Å². The Hall–Kier alpha value is -2.22. The summed E-state index contributed by atoms with van der Waals surface area (Å²) in [5.41, 5.74) is 4.47. The molecule has 0 unspecified atom stereocenters. The molecule has 0 spiro atoms. The first kappa shape index (κ1) is 13.2. The van der Waals surface area contributed by atoms with Crippen LogP contribution in [0.1, 0.15) is 23.7 Å². The van der Waals surface area contributed by atoms with Crippen LogP contribution in [-0.4, -0.2) is 4.98 Å². The van der Waals surface area contributed by atoms with Gasteiger partial charge in [-0.15, -0.1) is 0 Å². The van der Waals surface area contributed by atoms with Crippen LogP contribution in [0, 0.1) is 6.92 Å². The summed E-state index contributed by atoms with van der Waals surface area (Å²) >= 11 is 0. The number of hydrogen-bond acceptors (Lipinski definition) is 1. The van der Waals surface area contributed by atoms with Gasteiger partial charge < -0.3 is 0 Å². The van der Waals surface area contributed by atoms with E-state index in [2.05, 4.69) is 17.6 Å².